The Morgan fingerprint density at radius 1 is 1.19 bits per heavy atom. The summed E-state index contributed by atoms with van der Waals surface area (Å²) >= 11 is 6.99. The van der Waals surface area contributed by atoms with Gasteiger partial charge in [0, 0.05) is 60.2 Å². The van der Waals surface area contributed by atoms with Gasteiger partial charge in [-0.05, 0) is 51.0 Å². The third-order valence-electron chi connectivity index (χ3n) is 8.44. The number of nitrogens with zero attached hydrogens (tertiary/aromatic N) is 4. The first-order chi connectivity index (χ1) is 17.9. The third kappa shape index (κ3) is 4.10. The molecule has 1 amide bonds. The number of aromatic nitrogens is 3. The van der Waals surface area contributed by atoms with E-state index in [0.29, 0.717) is 36.5 Å². The van der Waals surface area contributed by atoms with Crippen LogP contribution in [0.3, 0.4) is 0 Å². The standard InChI is InChI=1S/C28H31ClFN5O2/c1-34-15-17(13-33-34)22-7-2-3-12-35(22)27(37)20-6-4-5-19(25(20)30)21-14-31-26-23(24(21)29)28(16-32-26)10-8-18(36)9-11-28/h4-6,13-15,18,22,36H,2-3,7-12,16H2,1H3,(H,31,32). The molecule has 0 bridgehead atoms. The molecule has 1 saturated heterocycles. The number of hydrogen-bond donors (Lipinski definition) is 2. The van der Waals surface area contributed by atoms with Gasteiger partial charge in [-0.15, -0.1) is 0 Å². The number of benzene rings is 1. The molecule has 1 spiro atoms. The molecule has 3 aromatic rings. The van der Waals surface area contributed by atoms with Crippen molar-refractivity contribution in [2.75, 3.05) is 18.4 Å². The number of carbonyl (C=O) groups excluding carboxylic acids is 1. The van der Waals surface area contributed by atoms with Crippen LogP contribution in [0.15, 0.2) is 36.8 Å². The van der Waals surface area contributed by atoms with E-state index in [1.54, 1.807) is 40.2 Å². The Labute approximate surface area is 220 Å². The lowest BCUT2D eigenvalue weighted by atomic mass is 9.70. The number of piperidine rings is 1. The van der Waals surface area contributed by atoms with Gasteiger partial charge in [0.15, 0.2) is 0 Å². The van der Waals surface area contributed by atoms with E-state index in [1.165, 1.54) is 0 Å². The molecule has 2 fully saturated rings. The summed E-state index contributed by atoms with van der Waals surface area (Å²) in [4.78, 5) is 20.1. The van der Waals surface area contributed by atoms with Crippen LogP contribution < -0.4 is 5.32 Å². The van der Waals surface area contributed by atoms with Gasteiger partial charge in [0.2, 0.25) is 0 Å². The van der Waals surface area contributed by atoms with Crippen molar-refractivity contribution in [2.45, 2.75) is 62.5 Å². The Morgan fingerprint density at radius 3 is 2.76 bits per heavy atom. The highest BCUT2D eigenvalue weighted by molar-refractivity contribution is 6.34. The number of nitrogens with one attached hydrogen (secondary N) is 1. The van der Waals surface area contributed by atoms with E-state index in [-0.39, 0.29) is 34.6 Å². The number of rotatable bonds is 3. The second-order valence-electron chi connectivity index (χ2n) is 10.7. The molecule has 2 aliphatic heterocycles. The quantitative estimate of drug-likeness (QED) is 0.490. The molecular formula is C28H31ClFN5O2. The normalized spacial score (nSPS) is 25.2. The predicted molar refractivity (Wildman–Crippen MR) is 140 cm³/mol. The fourth-order valence-electron chi connectivity index (χ4n) is 6.41. The van der Waals surface area contributed by atoms with Crippen molar-refractivity contribution in [1.82, 2.24) is 19.7 Å². The number of likely N-dealkylation sites (tertiary alicyclic amines) is 1. The average Bonchev–Trinajstić information content (AvgIpc) is 3.50. The average molecular weight is 524 g/mol. The molecule has 37 heavy (non-hydrogen) atoms. The van der Waals surface area contributed by atoms with Crippen molar-refractivity contribution in [2.24, 2.45) is 7.05 Å². The van der Waals surface area contributed by atoms with Crippen molar-refractivity contribution in [3.05, 3.63) is 64.3 Å². The maximum Gasteiger partial charge on any atom is 0.257 e. The fraction of sp³-hybridized carbons (Fsp3) is 0.464. The van der Waals surface area contributed by atoms with Crippen molar-refractivity contribution in [3.8, 4) is 11.1 Å². The molecule has 2 N–H and O–H groups in total. The summed E-state index contributed by atoms with van der Waals surface area (Å²) in [6, 6.07) is 4.80. The topological polar surface area (TPSA) is 83.3 Å². The number of hydrogen-bond acceptors (Lipinski definition) is 5. The van der Waals surface area contributed by atoms with E-state index in [9.17, 15) is 9.90 Å². The molecule has 1 aliphatic carbocycles. The lowest BCUT2D eigenvalue weighted by molar-refractivity contribution is 0.0606. The molecular weight excluding hydrogens is 493 g/mol. The maximum absolute atomic E-state index is 16.1. The highest BCUT2D eigenvalue weighted by atomic mass is 35.5. The van der Waals surface area contributed by atoms with Crippen molar-refractivity contribution in [1.29, 1.82) is 0 Å². The first-order valence-corrected chi connectivity index (χ1v) is 13.4. The van der Waals surface area contributed by atoms with Gasteiger partial charge in [-0.1, -0.05) is 23.7 Å². The van der Waals surface area contributed by atoms with Crippen molar-refractivity contribution >= 4 is 23.3 Å². The molecule has 4 heterocycles. The molecule has 194 valence electrons. The Balaban J connectivity index is 1.37. The summed E-state index contributed by atoms with van der Waals surface area (Å²) in [6.45, 7) is 1.28. The predicted octanol–water partition coefficient (Wildman–Crippen LogP) is 5.24. The van der Waals surface area contributed by atoms with Crippen LogP contribution in [-0.4, -0.2) is 49.9 Å². The van der Waals surface area contributed by atoms with Crippen LogP contribution in [0.4, 0.5) is 10.2 Å². The van der Waals surface area contributed by atoms with Gasteiger partial charge in [0.1, 0.15) is 11.6 Å². The largest absolute Gasteiger partial charge is 0.393 e. The van der Waals surface area contributed by atoms with E-state index in [4.69, 9.17) is 11.6 Å². The monoisotopic (exact) mass is 523 g/mol. The van der Waals surface area contributed by atoms with Gasteiger partial charge in [0.05, 0.1) is 28.9 Å². The number of halogens is 2. The summed E-state index contributed by atoms with van der Waals surface area (Å²) < 4.78 is 17.8. The van der Waals surface area contributed by atoms with Crippen molar-refractivity contribution in [3.63, 3.8) is 0 Å². The Kier molecular flexibility index (Phi) is 6.19. The molecule has 9 heteroatoms. The zero-order valence-electron chi connectivity index (χ0n) is 20.9. The molecule has 7 nitrogen and oxygen atoms in total. The summed E-state index contributed by atoms with van der Waals surface area (Å²) in [6.07, 6.45) is 10.7. The molecule has 1 aromatic carbocycles. The number of aryl methyl sites for hydroxylation is 1. The molecule has 3 aliphatic rings. The second-order valence-corrected chi connectivity index (χ2v) is 11.1. The van der Waals surface area contributed by atoms with Crippen LogP contribution in [0.25, 0.3) is 11.1 Å². The highest BCUT2D eigenvalue weighted by Gasteiger charge is 2.44. The maximum atomic E-state index is 16.1. The van der Waals surface area contributed by atoms with Crippen LogP contribution in [0.2, 0.25) is 5.02 Å². The first kappa shape index (κ1) is 24.4. The number of amides is 1. The van der Waals surface area contributed by atoms with Gasteiger partial charge in [0.25, 0.3) is 5.91 Å². The van der Waals surface area contributed by atoms with Crippen LogP contribution in [-0.2, 0) is 12.5 Å². The summed E-state index contributed by atoms with van der Waals surface area (Å²) in [5, 5.41) is 18.2. The van der Waals surface area contributed by atoms with E-state index < -0.39 is 5.82 Å². The fourth-order valence-corrected chi connectivity index (χ4v) is 6.85. The van der Waals surface area contributed by atoms with Gasteiger partial charge >= 0.3 is 0 Å². The number of fused-ring (bicyclic) bond motifs is 2. The summed E-state index contributed by atoms with van der Waals surface area (Å²) in [7, 11) is 1.85. The lowest BCUT2D eigenvalue weighted by Crippen LogP contribution is -2.38. The number of anilines is 1. The SMILES string of the molecule is Cn1cc(C2CCCCN2C(=O)c2cccc(-c3cnc4c(c3Cl)C3(CCC(O)CC3)CN4)c2F)cn1. The molecule has 2 aromatic heterocycles. The zero-order valence-corrected chi connectivity index (χ0v) is 21.6. The van der Waals surface area contributed by atoms with E-state index in [2.05, 4.69) is 15.4 Å². The minimum atomic E-state index is -0.578. The first-order valence-electron chi connectivity index (χ1n) is 13.1. The Hall–Kier alpha value is -2.97. The third-order valence-corrected chi connectivity index (χ3v) is 8.84. The summed E-state index contributed by atoms with van der Waals surface area (Å²) in [5.74, 6) is -0.173. The van der Waals surface area contributed by atoms with Crippen LogP contribution in [0, 0.1) is 5.82 Å². The molecule has 0 radical (unpaired) electrons. The van der Waals surface area contributed by atoms with E-state index in [0.717, 1.165) is 49.0 Å². The minimum Gasteiger partial charge on any atom is -0.393 e. The number of aliphatic hydroxyl groups is 1. The van der Waals surface area contributed by atoms with Gasteiger partial charge in [-0.25, -0.2) is 9.37 Å². The van der Waals surface area contributed by atoms with Gasteiger partial charge in [-0.2, -0.15) is 5.10 Å². The second kappa shape index (κ2) is 9.40. The Morgan fingerprint density at radius 2 is 2.00 bits per heavy atom. The zero-order chi connectivity index (χ0) is 25.7. The van der Waals surface area contributed by atoms with E-state index >= 15 is 4.39 Å². The van der Waals surface area contributed by atoms with Gasteiger partial charge < -0.3 is 15.3 Å². The van der Waals surface area contributed by atoms with Crippen molar-refractivity contribution < 1.29 is 14.3 Å². The van der Waals surface area contributed by atoms with Crippen LogP contribution >= 0.6 is 11.6 Å². The molecule has 6 rings (SSSR count). The van der Waals surface area contributed by atoms with Crippen LogP contribution in [0.5, 0.6) is 0 Å². The number of pyridine rings is 1. The van der Waals surface area contributed by atoms with Gasteiger partial charge in [-0.3, -0.25) is 9.48 Å². The Bertz CT molecular complexity index is 1350. The summed E-state index contributed by atoms with van der Waals surface area (Å²) in [5.41, 5.74) is 2.46. The molecule has 1 saturated carbocycles. The number of aliphatic hydroxyl groups excluding tert-OH is 1. The molecule has 1 atom stereocenters. The lowest BCUT2D eigenvalue weighted by Gasteiger charge is -2.36. The minimum absolute atomic E-state index is 0.0403. The smallest absolute Gasteiger partial charge is 0.257 e. The molecule has 1 unspecified atom stereocenters. The highest BCUT2D eigenvalue weighted by Crippen LogP contribution is 2.51. The van der Waals surface area contributed by atoms with E-state index in [1.807, 2.05) is 13.2 Å². The van der Waals surface area contributed by atoms with Crippen LogP contribution in [0.1, 0.15) is 72.5 Å². The number of carbonyl (C=O) groups is 1.